The summed E-state index contributed by atoms with van der Waals surface area (Å²) in [4.78, 5) is 11.7. The second kappa shape index (κ2) is 7.71. The van der Waals surface area contributed by atoms with E-state index in [0.717, 1.165) is 4.47 Å². The van der Waals surface area contributed by atoms with Crippen molar-refractivity contribution < 1.29 is 13.9 Å². The van der Waals surface area contributed by atoms with Crippen LogP contribution in [0.1, 0.15) is 19.8 Å². The molecule has 0 N–H and O–H groups in total. The zero-order valence-electron chi connectivity index (χ0n) is 9.54. The van der Waals surface area contributed by atoms with Crippen LogP contribution in [-0.2, 0) is 9.53 Å². The van der Waals surface area contributed by atoms with Crippen molar-refractivity contribution in [3.05, 3.63) is 28.5 Å². The normalized spacial score (nSPS) is 10.3. The molecule has 1 rings (SSSR count). The Labute approximate surface area is 113 Å². The minimum Gasteiger partial charge on any atom is -0.466 e. The Hall–Kier alpha value is -0.550. The number of rotatable bonds is 6. The smallest absolute Gasteiger partial charge is 0.305 e. The first kappa shape index (κ1) is 14.5. The van der Waals surface area contributed by atoms with Crippen LogP contribution in [-0.4, -0.2) is 18.3 Å². The third-order valence-electron chi connectivity index (χ3n) is 1.98. The fraction of sp³-hybridized carbons (Fsp3) is 0.417. The molecule has 0 heterocycles. The molecule has 94 valence electrons. The van der Waals surface area contributed by atoms with Gasteiger partial charge in [0.15, 0.2) is 0 Å². The first-order valence-corrected chi connectivity index (χ1v) is 7.14. The fourth-order valence-electron chi connectivity index (χ4n) is 1.22. The number of hydrogen-bond donors (Lipinski definition) is 0. The quantitative estimate of drug-likeness (QED) is 0.450. The first-order chi connectivity index (χ1) is 8.13. The molecule has 0 fully saturated rings. The second-order valence-electron chi connectivity index (χ2n) is 3.33. The number of esters is 1. The molecule has 2 nitrogen and oxygen atoms in total. The Morgan fingerprint density at radius 1 is 1.53 bits per heavy atom. The van der Waals surface area contributed by atoms with Gasteiger partial charge in [-0.25, -0.2) is 4.39 Å². The maximum absolute atomic E-state index is 13.4. The van der Waals surface area contributed by atoms with Crippen LogP contribution < -0.4 is 0 Å². The Bertz CT molecular complexity index is 385. The van der Waals surface area contributed by atoms with E-state index in [9.17, 15) is 9.18 Å². The van der Waals surface area contributed by atoms with Gasteiger partial charge >= 0.3 is 5.97 Å². The molecule has 0 aliphatic heterocycles. The molecule has 0 saturated carbocycles. The zero-order valence-corrected chi connectivity index (χ0v) is 11.9. The monoisotopic (exact) mass is 320 g/mol. The summed E-state index contributed by atoms with van der Waals surface area (Å²) in [5.41, 5.74) is 0. The van der Waals surface area contributed by atoms with E-state index in [0.29, 0.717) is 30.1 Å². The van der Waals surface area contributed by atoms with E-state index in [1.165, 1.54) is 17.8 Å². The average Bonchev–Trinajstić information content (AvgIpc) is 2.27. The summed E-state index contributed by atoms with van der Waals surface area (Å²) in [7, 11) is 0. The van der Waals surface area contributed by atoms with Crippen molar-refractivity contribution in [1.82, 2.24) is 0 Å². The van der Waals surface area contributed by atoms with Gasteiger partial charge in [-0.15, -0.1) is 11.8 Å². The van der Waals surface area contributed by atoms with Crippen molar-refractivity contribution in [2.45, 2.75) is 24.7 Å². The van der Waals surface area contributed by atoms with E-state index in [2.05, 4.69) is 15.9 Å². The molecule has 0 saturated heterocycles. The second-order valence-corrected chi connectivity index (χ2v) is 5.38. The maximum atomic E-state index is 13.4. The van der Waals surface area contributed by atoms with Crippen LogP contribution in [0.4, 0.5) is 4.39 Å². The number of benzene rings is 1. The van der Waals surface area contributed by atoms with Crippen LogP contribution in [0.3, 0.4) is 0 Å². The van der Waals surface area contributed by atoms with E-state index in [-0.39, 0.29) is 11.8 Å². The molecule has 1 aromatic rings. The maximum Gasteiger partial charge on any atom is 0.305 e. The van der Waals surface area contributed by atoms with Crippen molar-refractivity contribution in [3.63, 3.8) is 0 Å². The summed E-state index contributed by atoms with van der Waals surface area (Å²) >= 11 is 4.62. The van der Waals surface area contributed by atoms with Gasteiger partial charge in [0.25, 0.3) is 0 Å². The lowest BCUT2D eigenvalue weighted by molar-refractivity contribution is -0.143. The van der Waals surface area contributed by atoms with Crippen molar-refractivity contribution >= 4 is 33.7 Å². The van der Waals surface area contributed by atoms with E-state index in [1.54, 1.807) is 19.1 Å². The number of carbonyl (C=O) groups excluding carboxylic acids is 1. The van der Waals surface area contributed by atoms with E-state index >= 15 is 0 Å². The van der Waals surface area contributed by atoms with Crippen molar-refractivity contribution in [2.75, 3.05) is 12.4 Å². The molecule has 0 aliphatic rings. The Kier molecular flexibility index (Phi) is 6.58. The van der Waals surface area contributed by atoms with Crippen LogP contribution in [0.15, 0.2) is 27.6 Å². The summed E-state index contributed by atoms with van der Waals surface area (Å²) in [6, 6.07) is 4.97. The largest absolute Gasteiger partial charge is 0.466 e. The third kappa shape index (κ3) is 5.55. The molecule has 1 aromatic carbocycles. The Balaban J connectivity index is 2.29. The molecule has 0 spiro atoms. The van der Waals surface area contributed by atoms with Crippen LogP contribution in [0.25, 0.3) is 0 Å². The Morgan fingerprint density at radius 2 is 2.29 bits per heavy atom. The van der Waals surface area contributed by atoms with E-state index in [4.69, 9.17) is 4.74 Å². The average molecular weight is 321 g/mol. The van der Waals surface area contributed by atoms with Crippen LogP contribution >= 0.6 is 27.7 Å². The number of ether oxygens (including phenoxy) is 1. The molecule has 0 bridgehead atoms. The molecule has 17 heavy (non-hydrogen) atoms. The summed E-state index contributed by atoms with van der Waals surface area (Å²) in [5, 5.41) is 0. The lowest BCUT2D eigenvalue weighted by Crippen LogP contribution is -2.03. The van der Waals surface area contributed by atoms with Gasteiger partial charge in [0.1, 0.15) is 5.82 Å². The lowest BCUT2D eigenvalue weighted by atomic mass is 10.3. The fourth-order valence-corrected chi connectivity index (χ4v) is 2.43. The SMILES string of the molecule is CCOC(=O)CCCSc1ccc(Br)cc1F. The van der Waals surface area contributed by atoms with Crippen LogP contribution in [0, 0.1) is 5.82 Å². The summed E-state index contributed by atoms with van der Waals surface area (Å²) in [6.45, 7) is 2.19. The summed E-state index contributed by atoms with van der Waals surface area (Å²) < 4.78 is 18.9. The van der Waals surface area contributed by atoms with Crippen LogP contribution in [0.5, 0.6) is 0 Å². The van der Waals surface area contributed by atoms with Gasteiger partial charge in [-0.3, -0.25) is 4.79 Å². The predicted molar refractivity (Wildman–Crippen MR) is 70.7 cm³/mol. The van der Waals surface area contributed by atoms with Gasteiger partial charge < -0.3 is 4.74 Å². The zero-order chi connectivity index (χ0) is 12.7. The van der Waals surface area contributed by atoms with Gasteiger partial charge in [-0.1, -0.05) is 15.9 Å². The topological polar surface area (TPSA) is 26.3 Å². The standard InChI is InChI=1S/C12H14BrFO2S/c1-2-16-12(15)4-3-7-17-11-6-5-9(13)8-10(11)14/h5-6,8H,2-4,7H2,1H3. The minimum atomic E-state index is -0.236. The number of hydrogen-bond acceptors (Lipinski definition) is 3. The summed E-state index contributed by atoms with van der Waals surface area (Å²) in [5.74, 6) is 0.280. The lowest BCUT2D eigenvalue weighted by Gasteiger charge is -2.04. The third-order valence-corrected chi connectivity index (χ3v) is 3.61. The van der Waals surface area contributed by atoms with Gasteiger partial charge in [-0.2, -0.15) is 0 Å². The molecule has 0 aromatic heterocycles. The van der Waals surface area contributed by atoms with E-state index in [1.807, 2.05) is 0 Å². The highest BCUT2D eigenvalue weighted by Crippen LogP contribution is 2.25. The molecule has 0 radical (unpaired) electrons. The molecule has 5 heteroatoms. The highest BCUT2D eigenvalue weighted by Gasteiger charge is 2.05. The van der Waals surface area contributed by atoms with Gasteiger partial charge in [-0.05, 0) is 37.3 Å². The van der Waals surface area contributed by atoms with E-state index < -0.39 is 0 Å². The van der Waals surface area contributed by atoms with Gasteiger partial charge in [0.05, 0.1) is 6.61 Å². The summed E-state index contributed by atoms with van der Waals surface area (Å²) in [6.07, 6.45) is 1.08. The van der Waals surface area contributed by atoms with Crippen molar-refractivity contribution in [1.29, 1.82) is 0 Å². The van der Waals surface area contributed by atoms with Gasteiger partial charge in [0, 0.05) is 15.8 Å². The van der Waals surface area contributed by atoms with Gasteiger partial charge in [0.2, 0.25) is 0 Å². The highest BCUT2D eigenvalue weighted by atomic mass is 79.9. The molecule has 0 atom stereocenters. The number of halogens is 2. The van der Waals surface area contributed by atoms with Crippen molar-refractivity contribution in [2.24, 2.45) is 0 Å². The molecular formula is C12H14BrFO2S. The molecule has 0 amide bonds. The number of thioether (sulfide) groups is 1. The Morgan fingerprint density at radius 3 is 2.94 bits per heavy atom. The highest BCUT2D eigenvalue weighted by molar-refractivity contribution is 9.10. The molecule has 0 aliphatic carbocycles. The predicted octanol–water partition coefficient (Wildman–Crippen LogP) is 4.02. The molecular weight excluding hydrogens is 307 g/mol. The first-order valence-electron chi connectivity index (χ1n) is 5.37. The van der Waals surface area contributed by atoms with Crippen molar-refractivity contribution in [3.8, 4) is 0 Å². The minimum absolute atomic E-state index is 0.190. The van der Waals surface area contributed by atoms with Crippen LogP contribution in [0.2, 0.25) is 0 Å². The number of carbonyl (C=O) groups is 1. The molecule has 0 unspecified atom stereocenters.